The van der Waals surface area contributed by atoms with Crippen molar-refractivity contribution in [3.8, 4) is 5.69 Å². The molecule has 1 saturated carbocycles. The molecule has 2 fully saturated rings. The van der Waals surface area contributed by atoms with Gasteiger partial charge in [-0.3, -0.25) is 4.79 Å². The number of para-hydroxylation sites is 1. The summed E-state index contributed by atoms with van der Waals surface area (Å²) >= 11 is 0. The predicted molar refractivity (Wildman–Crippen MR) is 115 cm³/mol. The van der Waals surface area contributed by atoms with Crippen LogP contribution >= 0.6 is 0 Å². The number of hydrogen-bond donors (Lipinski definition) is 0. The molecule has 1 amide bonds. The maximum atomic E-state index is 14.4. The summed E-state index contributed by atoms with van der Waals surface area (Å²) in [7, 11) is 0. The van der Waals surface area contributed by atoms with E-state index in [1.54, 1.807) is 29.2 Å². The van der Waals surface area contributed by atoms with Gasteiger partial charge in [-0.1, -0.05) is 12.1 Å². The highest BCUT2D eigenvalue weighted by Gasteiger charge is 2.40. The Hall–Kier alpha value is -3.57. The molecular weight excluding hydrogens is 471 g/mol. The molecule has 0 unspecified atom stereocenters. The van der Waals surface area contributed by atoms with Gasteiger partial charge in [-0.25, -0.2) is 14.1 Å². The molecule has 0 spiro atoms. The van der Waals surface area contributed by atoms with Crippen molar-refractivity contribution in [3.05, 3.63) is 65.9 Å². The van der Waals surface area contributed by atoms with Gasteiger partial charge in [0, 0.05) is 31.4 Å². The average Bonchev–Trinajstić information content (AvgIpc) is 3.57. The third kappa shape index (κ3) is 4.69. The fourth-order valence-electron chi connectivity index (χ4n) is 4.51. The van der Waals surface area contributed by atoms with Crippen molar-refractivity contribution >= 4 is 11.7 Å². The lowest BCUT2D eigenvalue weighted by molar-refractivity contribution is -0.138. The van der Waals surface area contributed by atoms with E-state index in [2.05, 4.69) is 15.1 Å². The first kappa shape index (κ1) is 23.2. The van der Waals surface area contributed by atoms with E-state index >= 15 is 0 Å². The average molecular weight is 492 g/mol. The number of piperidine rings is 1. The molecule has 3 aromatic rings. The normalized spacial score (nSPS) is 17.0. The minimum absolute atomic E-state index is 0.0699. The summed E-state index contributed by atoms with van der Waals surface area (Å²) in [6.45, 7) is 0.679. The molecule has 2 aromatic heterocycles. The summed E-state index contributed by atoms with van der Waals surface area (Å²) in [6.07, 6.45) is -1.000. The van der Waals surface area contributed by atoms with Crippen LogP contribution < -0.4 is 4.90 Å². The second-order valence-electron chi connectivity index (χ2n) is 8.66. The molecule has 0 N–H and O–H groups in total. The van der Waals surface area contributed by atoms with Crippen LogP contribution in [0.3, 0.4) is 0 Å². The Morgan fingerprint density at radius 3 is 2.29 bits per heavy atom. The van der Waals surface area contributed by atoms with Gasteiger partial charge in [-0.2, -0.15) is 22.5 Å². The summed E-state index contributed by atoms with van der Waals surface area (Å²) in [5, 5.41) is 3.68. The largest absolute Gasteiger partial charge is 0.417 e. The Morgan fingerprint density at radius 1 is 1.00 bits per heavy atom. The lowest BCUT2D eigenvalue weighted by Gasteiger charge is -2.39. The van der Waals surface area contributed by atoms with Crippen LogP contribution in [0.25, 0.3) is 5.69 Å². The van der Waals surface area contributed by atoms with E-state index in [1.807, 2.05) is 4.90 Å². The first-order chi connectivity index (χ1) is 16.7. The van der Waals surface area contributed by atoms with Gasteiger partial charge in [0.25, 0.3) is 5.91 Å². The van der Waals surface area contributed by atoms with Crippen molar-refractivity contribution in [3.63, 3.8) is 0 Å². The summed E-state index contributed by atoms with van der Waals surface area (Å²) in [5.74, 6) is -1.36. The maximum Gasteiger partial charge on any atom is 0.417 e. The van der Waals surface area contributed by atoms with E-state index in [1.165, 1.54) is 11.0 Å². The van der Waals surface area contributed by atoms with Crippen molar-refractivity contribution in [2.75, 3.05) is 18.0 Å². The summed E-state index contributed by atoms with van der Waals surface area (Å²) in [5.41, 5.74) is -0.361. The molecule has 7 nitrogen and oxygen atoms in total. The molecule has 5 rings (SSSR count). The summed E-state index contributed by atoms with van der Waals surface area (Å²) in [4.78, 5) is 24.3. The first-order valence-electron chi connectivity index (χ1n) is 11.2. The van der Waals surface area contributed by atoms with E-state index in [0.29, 0.717) is 49.4 Å². The van der Waals surface area contributed by atoms with E-state index in [-0.39, 0.29) is 23.8 Å². The molecule has 1 aliphatic carbocycles. The molecule has 0 bridgehead atoms. The van der Waals surface area contributed by atoms with E-state index in [0.717, 1.165) is 12.8 Å². The highest BCUT2D eigenvalue weighted by Crippen LogP contribution is 2.36. The third-order valence-electron chi connectivity index (χ3n) is 6.33. The zero-order chi connectivity index (χ0) is 24.7. The van der Waals surface area contributed by atoms with Crippen LogP contribution in [0, 0.1) is 11.9 Å². The van der Waals surface area contributed by atoms with E-state index in [4.69, 9.17) is 0 Å². The fraction of sp³-hybridized carbons (Fsp3) is 0.391. The molecular formula is C23H21F5N6O. The highest BCUT2D eigenvalue weighted by molar-refractivity contribution is 5.98. The molecule has 12 heteroatoms. The summed E-state index contributed by atoms with van der Waals surface area (Å²) in [6, 6.07) is 7.15. The lowest BCUT2D eigenvalue weighted by atomic mass is 10.0. The highest BCUT2D eigenvalue weighted by atomic mass is 19.4. The van der Waals surface area contributed by atoms with Crippen LogP contribution in [-0.2, 0) is 6.18 Å². The number of alkyl halides is 3. The number of carbonyl (C=O) groups excluding carboxylic acids is 1. The molecule has 1 aromatic carbocycles. The van der Waals surface area contributed by atoms with Crippen molar-refractivity contribution in [2.24, 2.45) is 0 Å². The van der Waals surface area contributed by atoms with Crippen molar-refractivity contribution in [1.29, 1.82) is 0 Å². The van der Waals surface area contributed by atoms with Gasteiger partial charge >= 0.3 is 12.3 Å². The lowest BCUT2D eigenvalue weighted by Crippen LogP contribution is -2.49. The second-order valence-corrected chi connectivity index (χ2v) is 8.66. The zero-order valence-corrected chi connectivity index (χ0v) is 18.4. The monoisotopic (exact) mass is 492 g/mol. The molecule has 184 valence electrons. The number of pyridine rings is 1. The topological polar surface area (TPSA) is 67.2 Å². The van der Waals surface area contributed by atoms with Crippen molar-refractivity contribution in [2.45, 2.75) is 43.9 Å². The number of hydrogen-bond acceptors (Lipinski definition) is 5. The Labute approximate surface area is 197 Å². The van der Waals surface area contributed by atoms with Gasteiger partial charge in [-0.05, 0) is 43.9 Å². The molecule has 1 aliphatic heterocycles. The number of carbonyl (C=O) groups is 1. The van der Waals surface area contributed by atoms with E-state index < -0.39 is 23.6 Å². The number of nitrogens with zero attached hydrogens (tertiary/aromatic N) is 6. The Morgan fingerprint density at radius 2 is 1.69 bits per heavy atom. The molecule has 0 atom stereocenters. The van der Waals surface area contributed by atoms with Crippen LogP contribution in [0.1, 0.15) is 41.6 Å². The third-order valence-corrected chi connectivity index (χ3v) is 6.33. The number of benzene rings is 1. The molecule has 3 heterocycles. The fourth-order valence-corrected chi connectivity index (χ4v) is 4.51. The number of halogens is 5. The van der Waals surface area contributed by atoms with Gasteiger partial charge in [-0.15, -0.1) is 5.10 Å². The van der Waals surface area contributed by atoms with Crippen LogP contribution in [0.2, 0.25) is 0 Å². The number of aromatic nitrogens is 4. The van der Waals surface area contributed by atoms with Crippen LogP contribution in [0.4, 0.5) is 27.8 Å². The van der Waals surface area contributed by atoms with E-state index in [9.17, 15) is 26.7 Å². The van der Waals surface area contributed by atoms with Crippen LogP contribution in [-0.4, -0.2) is 55.7 Å². The maximum absolute atomic E-state index is 14.4. The van der Waals surface area contributed by atoms with Crippen molar-refractivity contribution < 1.29 is 26.7 Å². The van der Waals surface area contributed by atoms with Gasteiger partial charge in [0.1, 0.15) is 6.33 Å². The zero-order valence-electron chi connectivity index (χ0n) is 18.4. The quantitative estimate of drug-likeness (QED) is 0.499. The number of anilines is 1. The minimum Gasteiger partial charge on any atom is -0.354 e. The van der Waals surface area contributed by atoms with Crippen LogP contribution in [0.15, 0.2) is 42.9 Å². The molecule has 0 radical (unpaired) electrons. The molecule has 2 aliphatic rings. The van der Waals surface area contributed by atoms with Gasteiger partial charge in [0.15, 0.2) is 11.6 Å². The number of amides is 1. The van der Waals surface area contributed by atoms with Crippen LogP contribution in [0.5, 0.6) is 0 Å². The SMILES string of the molecule is O=C(c1ccccc1-n1cnc(F)n1)N(C1CC1)C1CCN(c2ncc(C(F)(F)F)cc2F)CC1. The second kappa shape index (κ2) is 8.90. The minimum atomic E-state index is -4.67. The Bertz CT molecular complexity index is 1230. The number of rotatable bonds is 5. The van der Waals surface area contributed by atoms with Gasteiger partial charge in [0.05, 0.1) is 16.8 Å². The smallest absolute Gasteiger partial charge is 0.354 e. The predicted octanol–water partition coefficient (Wildman–Crippen LogP) is 4.23. The van der Waals surface area contributed by atoms with Gasteiger partial charge < -0.3 is 9.80 Å². The standard InChI is InChI=1S/C23H21F5N6O/c24-18-11-14(23(26,27)28)12-29-20(18)32-9-7-16(8-10-32)34(15-5-6-15)21(35)17-3-1-2-4-19(17)33-13-30-22(25)31-33/h1-4,11-13,15-16H,5-10H2. The first-order valence-corrected chi connectivity index (χ1v) is 11.2. The van der Waals surface area contributed by atoms with Crippen molar-refractivity contribution in [1.82, 2.24) is 24.6 Å². The summed E-state index contributed by atoms with van der Waals surface area (Å²) < 4.78 is 67.5. The molecule has 1 saturated heterocycles. The van der Waals surface area contributed by atoms with Gasteiger partial charge in [0.2, 0.25) is 0 Å². The Balaban J connectivity index is 1.33. The Kier molecular flexibility index (Phi) is 5.89. The molecule has 35 heavy (non-hydrogen) atoms.